The summed E-state index contributed by atoms with van der Waals surface area (Å²) in [5.41, 5.74) is 0.104. The standard InChI is InChI=1S/C15H29NO3S/c1-13(2,10-20(16,17)18)9-19-12-8-11-6-7-15(12,5)14(11,3)4/h11-12H,6-10H2,1-5H3,(H2,16,17,18). The highest BCUT2D eigenvalue weighted by Gasteiger charge is 2.61. The Hall–Kier alpha value is -0.130. The largest absolute Gasteiger partial charge is 0.377 e. The van der Waals surface area contributed by atoms with Crippen LogP contribution < -0.4 is 5.14 Å². The zero-order valence-electron chi connectivity index (χ0n) is 13.4. The van der Waals surface area contributed by atoms with Gasteiger partial charge in [-0.15, -0.1) is 0 Å². The van der Waals surface area contributed by atoms with E-state index in [0.29, 0.717) is 12.0 Å². The highest BCUT2D eigenvalue weighted by molar-refractivity contribution is 7.89. The first-order valence-corrected chi connectivity index (χ1v) is 9.21. The second-order valence-electron chi connectivity index (χ2n) is 8.38. The van der Waals surface area contributed by atoms with Crippen LogP contribution in [0.2, 0.25) is 0 Å². The lowest BCUT2D eigenvalue weighted by Crippen LogP contribution is -2.40. The summed E-state index contributed by atoms with van der Waals surface area (Å²) in [6, 6.07) is 0. The molecule has 5 heteroatoms. The van der Waals surface area contributed by atoms with Crippen LogP contribution in [0.15, 0.2) is 0 Å². The summed E-state index contributed by atoms with van der Waals surface area (Å²) in [4.78, 5) is 0. The summed E-state index contributed by atoms with van der Waals surface area (Å²) in [5, 5.41) is 5.15. The van der Waals surface area contributed by atoms with E-state index in [2.05, 4.69) is 20.8 Å². The molecule has 118 valence electrons. The number of hydrogen-bond acceptors (Lipinski definition) is 3. The van der Waals surface area contributed by atoms with Gasteiger partial charge in [0.05, 0.1) is 18.5 Å². The van der Waals surface area contributed by atoms with Crippen molar-refractivity contribution in [2.75, 3.05) is 12.4 Å². The van der Waals surface area contributed by atoms with Gasteiger partial charge in [-0.05, 0) is 36.0 Å². The smallest absolute Gasteiger partial charge is 0.209 e. The summed E-state index contributed by atoms with van der Waals surface area (Å²) in [5.74, 6) is 0.704. The summed E-state index contributed by atoms with van der Waals surface area (Å²) >= 11 is 0. The van der Waals surface area contributed by atoms with Gasteiger partial charge in [0.15, 0.2) is 0 Å². The second-order valence-corrected chi connectivity index (χ2v) is 10.00. The normalized spacial score (nSPS) is 36.5. The minimum Gasteiger partial charge on any atom is -0.377 e. The molecule has 2 rings (SSSR count). The lowest BCUT2D eigenvalue weighted by molar-refractivity contribution is -0.0687. The van der Waals surface area contributed by atoms with Crippen molar-refractivity contribution < 1.29 is 13.2 Å². The molecule has 2 aliphatic carbocycles. The number of rotatable bonds is 5. The quantitative estimate of drug-likeness (QED) is 0.848. The van der Waals surface area contributed by atoms with Gasteiger partial charge in [-0.1, -0.05) is 34.6 Å². The molecular formula is C15H29NO3S. The SMILES string of the molecule is CC(C)(COC1CC2CCC1(C)C2(C)C)CS(N)(=O)=O. The summed E-state index contributed by atoms with van der Waals surface area (Å²) in [7, 11) is -3.46. The Labute approximate surface area is 123 Å². The van der Waals surface area contributed by atoms with Crippen molar-refractivity contribution in [3.05, 3.63) is 0 Å². The molecule has 0 saturated heterocycles. The fraction of sp³-hybridized carbons (Fsp3) is 1.00. The number of nitrogens with two attached hydrogens (primary N) is 1. The number of hydrogen-bond donors (Lipinski definition) is 1. The lowest BCUT2D eigenvalue weighted by atomic mass is 9.70. The van der Waals surface area contributed by atoms with E-state index in [0.717, 1.165) is 12.3 Å². The summed E-state index contributed by atoms with van der Waals surface area (Å²) in [6.45, 7) is 11.3. The Balaban J connectivity index is 2.00. The van der Waals surface area contributed by atoms with Crippen molar-refractivity contribution in [1.29, 1.82) is 0 Å². The Bertz CT molecular complexity index is 483. The van der Waals surface area contributed by atoms with Gasteiger partial charge in [0, 0.05) is 5.41 Å². The number of ether oxygens (including phenoxy) is 1. The Morgan fingerprint density at radius 2 is 1.90 bits per heavy atom. The van der Waals surface area contributed by atoms with Gasteiger partial charge in [0.1, 0.15) is 0 Å². The summed E-state index contributed by atoms with van der Waals surface area (Å²) < 4.78 is 28.7. The van der Waals surface area contributed by atoms with Crippen LogP contribution >= 0.6 is 0 Å². The second kappa shape index (κ2) is 4.68. The van der Waals surface area contributed by atoms with E-state index in [1.165, 1.54) is 12.8 Å². The minimum atomic E-state index is -3.46. The van der Waals surface area contributed by atoms with Gasteiger partial charge in [-0.2, -0.15) is 0 Å². The molecule has 4 nitrogen and oxygen atoms in total. The molecule has 0 amide bonds. The third-order valence-corrected chi connectivity index (χ3v) is 7.16. The Morgan fingerprint density at radius 1 is 1.30 bits per heavy atom. The van der Waals surface area contributed by atoms with Crippen LogP contribution in [0, 0.1) is 22.2 Å². The third-order valence-electron chi connectivity index (χ3n) is 5.98. The maximum absolute atomic E-state index is 11.3. The molecule has 0 aromatic heterocycles. The van der Waals surface area contributed by atoms with E-state index in [1.807, 2.05) is 13.8 Å². The lowest BCUT2D eigenvalue weighted by Gasteiger charge is -2.40. The zero-order valence-corrected chi connectivity index (χ0v) is 14.2. The Morgan fingerprint density at radius 3 is 2.30 bits per heavy atom. The van der Waals surface area contributed by atoms with Crippen LogP contribution in [0.25, 0.3) is 0 Å². The molecule has 2 saturated carbocycles. The maximum Gasteiger partial charge on any atom is 0.209 e. The highest BCUT2D eigenvalue weighted by atomic mass is 32.2. The predicted molar refractivity (Wildman–Crippen MR) is 80.7 cm³/mol. The molecule has 2 N–H and O–H groups in total. The van der Waals surface area contributed by atoms with Crippen molar-refractivity contribution >= 4 is 10.0 Å². The number of fused-ring (bicyclic) bond motifs is 2. The molecule has 2 fully saturated rings. The highest BCUT2D eigenvalue weighted by Crippen LogP contribution is 2.66. The van der Waals surface area contributed by atoms with Crippen LogP contribution in [0.1, 0.15) is 53.9 Å². The molecule has 20 heavy (non-hydrogen) atoms. The molecule has 0 heterocycles. The van der Waals surface area contributed by atoms with Crippen LogP contribution in [0.3, 0.4) is 0 Å². The fourth-order valence-electron chi connectivity index (χ4n) is 4.29. The van der Waals surface area contributed by atoms with Crippen molar-refractivity contribution in [3.63, 3.8) is 0 Å². The molecule has 0 spiro atoms. The molecule has 2 aliphatic rings. The van der Waals surface area contributed by atoms with Crippen LogP contribution in [0.4, 0.5) is 0 Å². The fourth-order valence-corrected chi connectivity index (χ4v) is 5.47. The van der Waals surface area contributed by atoms with Crippen LogP contribution in [0.5, 0.6) is 0 Å². The van der Waals surface area contributed by atoms with E-state index < -0.39 is 15.4 Å². The van der Waals surface area contributed by atoms with E-state index >= 15 is 0 Å². The van der Waals surface area contributed by atoms with E-state index in [-0.39, 0.29) is 17.3 Å². The zero-order chi connectivity index (χ0) is 15.4. The molecule has 3 unspecified atom stereocenters. The van der Waals surface area contributed by atoms with Crippen molar-refractivity contribution in [1.82, 2.24) is 0 Å². The molecule has 0 aliphatic heterocycles. The molecule has 2 bridgehead atoms. The maximum atomic E-state index is 11.3. The van der Waals surface area contributed by atoms with Gasteiger partial charge >= 0.3 is 0 Å². The van der Waals surface area contributed by atoms with Gasteiger partial charge in [-0.3, -0.25) is 0 Å². The minimum absolute atomic E-state index is 0.0315. The molecule has 0 aromatic rings. The predicted octanol–water partition coefficient (Wildman–Crippen LogP) is 2.53. The van der Waals surface area contributed by atoms with Gasteiger partial charge < -0.3 is 4.74 Å². The first kappa shape index (κ1) is 16.2. The molecular weight excluding hydrogens is 274 g/mol. The molecule has 0 aromatic carbocycles. The van der Waals surface area contributed by atoms with Crippen LogP contribution in [-0.4, -0.2) is 26.9 Å². The van der Waals surface area contributed by atoms with Crippen LogP contribution in [-0.2, 0) is 14.8 Å². The number of sulfonamides is 1. The van der Waals surface area contributed by atoms with E-state index in [1.54, 1.807) is 0 Å². The van der Waals surface area contributed by atoms with E-state index in [4.69, 9.17) is 9.88 Å². The molecule has 3 atom stereocenters. The third kappa shape index (κ3) is 2.77. The van der Waals surface area contributed by atoms with Gasteiger partial charge in [0.25, 0.3) is 0 Å². The van der Waals surface area contributed by atoms with Gasteiger partial charge in [-0.25, -0.2) is 13.6 Å². The van der Waals surface area contributed by atoms with Crippen molar-refractivity contribution in [2.45, 2.75) is 60.0 Å². The van der Waals surface area contributed by atoms with Crippen molar-refractivity contribution in [2.24, 2.45) is 27.3 Å². The average Bonchev–Trinajstić information content (AvgIpc) is 2.55. The topological polar surface area (TPSA) is 69.4 Å². The first-order chi connectivity index (χ1) is 8.87. The first-order valence-electron chi connectivity index (χ1n) is 7.49. The molecule has 0 radical (unpaired) electrons. The van der Waals surface area contributed by atoms with Gasteiger partial charge in [0.2, 0.25) is 10.0 Å². The Kier molecular flexibility index (Phi) is 3.80. The van der Waals surface area contributed by atoms with E-state index in [9.17, 15) is 8.42 Å². The monoisotopic (exact) mass is 303 g/mol. The van der Waals surface area contributed by atoms with Crippen molar-refractivity contribution in [3.8, 4) is 0 Å². The average molecular weight is 303 g/mol. The number of primary sulfonamides is 1. The summed E-state index contributed by atoms with van der Waals surface area (Å²) in [6.07, 6.45) is 3.86.